The lowest BCUT2D eigenvalue weighted by atomic mass is 10.0. The van der Waals surface area contributed by atoms with Crippen LogP contribution in [0.1, 0.15) is 5.56 Å². The van der Waals surface area contributed by atoms with Gasteiger partial charge in [-0.25, -0.2) is 0 Å². The van der Waals surface area contributed by atoms with Crippen LogP contribution in [0, 0.1) is 6.92 Å². The lowest BCUT2D eigenvalue weighted by Crippen LogP contribution is -1.89. The van der Waals surface area contributed by atoms with Crippen molar-refractivity contribution in [2.75, 3.05) is 14.2 Å². The first-order valence-corrected chi connectivity index (χ1v) is 6.12. The Labute approximate surface area is 113 Å². The Bertz CT molecular complexity index is 513. The number of ether oxygens (including phenoxy) is 2. The maximum absolute atomic E-state index is 5.34. The van der Waals surface area contributed by atoms with Gasteiger partial charge in [0.05, 0.1) is 14.2 Å². The second-order valence-corrected chi connectivity index (χ2v) is 4.55. The maximum atomic E-state index is 5.34. The molecule has 0 fully saturated rings. The van der Waals surface area contributed by atoms with Gasteiger partial charge in [-0.2, -0.15) is 0 Å². The Kier molecular flexibility index (Phi) is 3.82. The zero-order valence-electron chi connectivity index (χ0n) is 10.7. The highest BCUT2D eigenvalue weighted by molar-refractivity contribution is 7.80. The summed E-state index contributed by atoms with van der Waals surface area (Å²) in [6.45, 7) is 2.03. The van der Waals surface area contributed by atoms with Crippen molar-refractivity contribution in [1.29, 1.82) is 0 Å². The number of hydrogen-bond acceptors (Lipinski definition) is 3. The Morgan fingerprint density at radius 3 is 2.00 bits per heavy atom. The van der Waals surface area contributed by atoms with Crippen molar-refractivity contribution >= 4 is 12.6 Å². The Morgan fingerprint density at radius 2 is 1.39 bits per heavy atom. The maximum Gasteiger partial charge on any atom is 0.132 e. The molecule has 0 aliphatic heterocycles. The van der Waals surface area contributed by atoms with Crippen LogP contribution in [0.3, 0.4) is 0 Å². The standard InChI is InChI=1S/C15H16O2S/c1-10-4-5-11(8-13(10)16-2)12-6-7-15(18)14(9-12)17-3/h4-9,18H,1-3H3. The number of thiol groups is 1. The minimum absolute atomic E-state index is 0.773. The summed E-state index contributed by atoms with van der Waals surface area (Å²) in [5.74, 6) is 1.66. The van der Waals surface area contributed by atoms with Gasteiger partial charge in [0.15, 0.2) is 0 Å². The summed E-state index contributed by atoms with van der Waals surface area (Å²) >= 11 is 4.34. The molecule has 0 bridgehead atoms. The molecule has 0 aliphatic rings. The van der Waals surface area contributed by atoms with Crippen molar-refractivity contribution in [3.05, 3.63) is 42.0 Å². The highest BCUT2D eigenvalue weighted by Crippen LogP contribution is 2.31. The summed E-state index contributed by atoms with van der Waals surface area (Å²) in [6.07, 6.45) is 0. The zero-order chi connectivity index (χ0) is 13.1. The molecule has 0 N–H and O–H groups in total. The molecule has 0 aliphatic carbocycles. The number of methoxy groups -OCH3 is 2. The van der Waals surface area contributed by atoms with Gasteiger partial charge < -0.3 is 9.47 Å². The van der Waals surface area contributed by atoms with Crippen LogP contribution in [0.2, 0.25) is 0 Å². The first-order chi connectivity index (χ1) is 8.65. The molecule has 18 heavy (non-hydrogen) atoms. The van der Waals surface area contributed by atoms with Gasteiger partial charge >= 0.3 is 0 Å². The fourth-order valence-electron chi connectivity index (χ4n) is 1.86. The normalized spacial score (nSPS) is 10.2. The molecule has 2 rings (SSSR count). The molecule has 0 aromatic heterocycles. The summed E-state index contributed by atoms with van der Waals surface area (Å²) in [5.41, 5.74) is 3.31. The van der Waals surface area contributed by atoms with Crippen LogP contribution in [0.5, 0.6) is 11.5 Å². The summed E-state index contributed by atoms with van der Waals surface area (Å²) in [6, 6.07) is 12.1. The third-order valence-electron chi connectivity index (χ3n) is 2.92. The molecule has 0 heterocycles. The Hall–Kier alpha value is -1.61. The van der Waals surface area contributed by atoms with Crippen LogP contribution in [0.4, 0.5) is 0 Å². The zero-order valence-corrected chi connectivity index (χ0v) is 11.6. The van der Waals surface area contributed by atoms with E-state index in [1.165, 1.54) is 0 Å². The first-order valence-electron chi connectivity index (χ1n) is 5.67. The average molecular weight is 260 g/mol. The predicted octanol–water partition coefficient (Wildman–Crippen LogP) is 3.97. The fraction of sp³-hybridized carbons (Fsp3) is 0.200. The van der Waals surface area contributed by atoms with E-state index >= 15 is 0 Å². The van der Waals surface area contributed by atoms with E-state index in [2.05, 4.69) is 24.8 Å². The van der Waals surface area contributed by atoms with Crippen LogP contribution in [0.25, 0.3) is 11.1 Å². The van der Waals surface area contributed by atoms with E-state index in [0.29, 0.717) is 0 Å². The third kappa shape index (κ3) is 2.46. The minimum atomic E-state index is 0.773. The van der Waals surface area contributed by atoms with Crippen molar-refractivity contribution in [2.24, 2.45) is 0 Å². The Balaban J connectivity index is 2.48. The lowest BCUT2D eigenvalue weighted by molar-refractivity contribution is 0.405. The molecule has 2 aromatic carbocycles. The number of aryl methyl sites for hydroxylation is 1. The molecule has 2 nitrogen and oxygen atoms in total. The second kappa shape index (κ2) is 5.36. The van der Waals surface area contributed by atoms with Gasteiger partial charge in [0.1, 0.15) is 11.5 Å². The number of benzene rings is 2. The molecule has 0 saturated carbocycles. The topological polar surface area (TPSA) is 18.5 Å². The first kappa shape index (κ1) is 12.8. The van der Waals surface area contributed by atoms with Gasteiger partial charge in [0, 0.05) is 4.90 Å². The molecule has 94 valence electrons. The van der Waals surface area contributed by atoms with E-state index in [4.69, 9.17) is 9.47 Å². The van der Waals surface area contributed by atoms with Gasteiger partial charge in [-0.3, -0.25) is 0 Å². The second-order valence-electron chi connectivity index (χ2n) is 4.07. The smallest absolute Gasteiger partial charge is 0.132 e. The van der Waals surface area contributed by atoms with Crippen molar-refractivity contribution in [1.82, 2.24) is 0 Å². The number of hydrogen-bond donors (Lipinski definition) is 1. The molecule has 0 spiro atoms. The van der Waals surface area contributed by atoms with Crippen molar-refractivity contribution in [3.8, 4) is 22.6 Å². The van der Waals surface area contributed by atoms with Gasteiger partial charge in [-0.15, -0.1) is 12.6 Å². The lowest BCUT2D eigenvalue weighted by Gasteiger charge is -2.10. The van der Waals surface area contributed by atoms with Crippen LogP contribution >= 0.6 is 12.6 Å². The van der Waals surface area contributed by atoms with E-state index < -0.39 is 0 Å². The quantitative estimate of drug-likeness (QED) is 0.842. The fourth-order valence-corrected chi connectivity index (χ4v) is 2.09. The summed E-state index contributed by atoms with van der Waals surface area (Å²) in [7, 11) is 3.33. The Morgan fingerprint density at radius 1 is 0.833 bits per heavy atom. The van der Waals surface area contributed by atoms with E-state index in [1.807, 2.05) is 31.2 Å². The summed E-state index contributed by atoms with van der Waals surface area (Å²) in [5, 5.41) is 0. The predicted molar refractivity (Wildman–Crippen MR) is 77.0 cm³/mol. The van der Waals surface area contributed by atoms with Crippen molar-refractivity contribution < 1.29 is 9.47 Å². The molecule has 0 unspecified atom stereocenters. The highest BCUT2D eigenvalue weighted by Gasteiger charge is 2.06. The van der Waals surface area contributed by atoms with Gasteiger partial charge in [0.2, 0.25) is 0 Å². The molecule has 0 amide bonds. The molecule has 0 atom stereocenters. The molecule has 3 heteroatoms. The van der Waals surface area contributed by atoms with Gasteiger partial charge in [-0.1, -0.05) is 18.2 Å². The molecular weight excluding hydrogens is 244 g/mol. The largest absolute Gasteiger partial charge is 0.496 e. The molecule has 2 aromatic rings. The summed E-state index contributed by atoms with van der Waals surface area (Å²) in [4.78, 5) is 0.834. The number of rotatable bonds is 3. The third-order valence-corrected chi connectivity index (χ3v) is 3.29. The van der Waals surface area contributed by atoms with Crippen molar-refractivity contribution in [2.45, 2.75) is 11.8 Å². The highest BCUT2D eigenvalue weighted by atomic mass is 32.1. The SMILES string of the molecule is COc1cc(-c2ccc(S)c(OC)c2)ccc1C. The van der Waals surface area contributed by atoms with Crippen LogP contribution in [-0.4, -0.2) is 14.2 Å². The van der Waals surface area contributed by atoms with Gasteiger partial charge in [-0.05, 0) is 41.8 Å². The minimum Gasteiger partial charge on any atom is -0.496 e. The van der Waals surface area contributed by atoms with E-state index in [9.17, 15) is 0 Å². The molecule has 0 radical (unpaired) electrons. The molecule has 0 saturated heterocycles. The van der Waals surface area contributed by atoms with Crippen LogP contribution in [0.15, 0.2) is 41.3 Å². The van der Waals surface area contributed by atoms with E-state index in [-0.39, 0.29) is 0 Å². The van der Waals surface area contributed by atoms with Gasteiger partial charge in [0.25, 0.3) is 0 Å². The van der Waals surface area contributed by atoms with Crippen LogP contribution in [-0.2, 0) is 0 Å². The van der Waals surface area contributed by atoms with E-state index in [0.717, 1.165) is 33.1 Å². The molecular formula is C15H16O2S. The summed E-state index contributed by atoms with van der Waals surface area (Å²) < 4.78 is 10.6. The monoisotopic (exact) mass is 260 g/mol. The van der Waals surface area contributed by atoms with Crippen molar-refractivity contribution in [3.63, 3.8) is 0 Å². The average Bonchev–Trinajstić information content (AvgIpc) is 2.40. The van der Waals surface area contributed by atoms with E-state index in [1.54, 1.807) is 14.2 Å². The van der Waals surface area contributed by atoms with Crippen LogP contribution < -0.4 is 9.47 Å².